The van der Waals surface area contributed by atoms with Crippen LogP contribution in [-0.2, 0) is 21.7 Å². The van der Waals surface area contributed by atoms with Crippen LogP contribution in [0.25, 0.3) is 33.4 Å². The zero-order chi connectivity index (χ0) is 41.6. The van der Waals surface area contributed by atoms with E-state index in [2.05, 4.69) is 233 Å². The quantitative estimate of drug-likeness (QED) is 0.161. The minimum absolute atomic E-state index is 0.00539. The molecule has 0 spiro atoms. The highest BCUT2D eigenvalue weighted by Gasteiger charge is 2.48. The third-order valence-corrected chi connectivity index (χ3v) is 13.1. The van der Waals surface area contributed by atoms with Crippen LogP contribution in [0.4, 0.5) is 17.1 Å². The van der Waals surface area contributed by atoms with Crippen LogP contribution in [-0.4, -0.2) is 6.71 Å². The smallest absolute Gasteiger partial charge is 0.247 e. The fraction of sp³-hybridized carbons (Fsp3) is 0.263. The van der Waals surface area contributed by atoms with Crippen LogP contribution in [0.5, 0.6) is 0 Å². The Bertz CT molecular complexity index is 2660. The summed E-state index contributed by atoms with van der Waals surface area (Å²) < 4.78 is 0. The molecule has 2 aliphatic rings. The Hall–Kier alpha value is -5.60. The van der Waals surface area contributed by atoms with E-state index in [0.717, 1.165) is 0 Å². The van der Waals surface area contributed by atoms with Crippen molar-refractivity contribution in [2.75, 3.05) is 4.90 Å². The topological polar surface area (TPSA) is 3.24 Å². The molecular formula is C57H58BN. The van der Waals surface area contributed by atoms with E-state index in [1.54, 1.807) is 0 Å². The predicted molar refractivity (Wildman–Crippen MR) is 257 cm³/mol. The highest BCUT2D eigenvalue weighted by atomic mass is 15.2. The molecule has 0 N–H and O–H groups in total. The molecule has 0 saturated heterocycles. The highest BCUT2D eigenvalue weighted by Crippen LogP contribution is 2.47. The summed E-state index contributed by atoms with van der Waals surface area (Å²) >= 11 is 0. The lowest BCUT2D eigenvalue weighted by atomic mass is 9.29. The lowest BCUT2D eigenvalue weighted by Gasteiger charge is -2.48. The van der Waals surface area contributed by atoms with E-state index in [-0.39, 0.29) is 28.4 Å². The van der Waals surface area contributed by atoms with E-state index >= 15 is 0 Å². The van der Waals surface area contributed by atoms with Gasteiger partial charge in [-0.15, -0.1) is 0 Å². The average Bonchev–Trinajstić information content (AvgIpc) is 3.21. The highest BCUT2D eigenvalue weighted by molar-refractivity contribution is 6.99. The molecule has 7 aromatic carbocycles. The summed E-state index contributed by atoms with van der Waals surface area (Å²) in [6.07, 6.45) is 0. The van der Waals surface area contributed by atoms with Crippen LogP contribution in [0.15, 0.2) is 152 Å². The molecule has 2 heterocycles. The van der Waals surface area contributed by atoms with Gasteiger partial charge in [-0.1, -0.05) is 191 Å². The second kappa shape index (κ2) is 13.7. The maximum Gasteiger partial charge on any atom is 0.247 e. The van der Waals surface area contributed by atoms with Gasteiger partial charge in [-0.25, -0.2) is 0 Å². The van der Waals surface area contributed by atoms with Gasteiger partial charge in [-0.3, -0.25) is 0 Å². The van der Waals surface area contributed by atoms with E-state index in [9.17, 15) is 0 Å². The standard InChI is InChI=1S/C57H58BN/c1-54(2,3)43-23-26-45(27-24-43)59-50-30-25-44(55(4,5)6)36-49(50)58-48-29-22-39(35-47(48)57(10,11)52-46(56(7,8)9)28-31-51(59)53(52)58)42-33-40(37-18-14-12-15-19-37)32-41(34-42)38-20-16-13-17-21-38/h12-36H,1-11H3. The Balaban J connectivity index is 1.31. The van der Waals surface area contributed by atoms with Crippen molar-refractivity contribution in [3.05, 3.63) is 179 Å². The first kappa shape index (κ1) is 38.9. The number of anilines is 3. The third kappa shape index (κ3) is 6.66. The predicted octanol–water partition coefficient (Wildman–Crippen LogP) is 13.5. The maximum atomic E-state index is 2.56. The second-order valence-corrected chi connectivity index (χ2v) is 20.7. The molecule has 294 valence electrons. The molecule has 0 unspecified atom stereocenters. The molecule has 2 heteroatoms. The van der Waals surface area contributed by atoms with E-state index in [4.69, 9.17) is 0 Å². The summed E-state index contributed by atoms with van der Waals surface area (Å²) in [7, 11) is 0. The zero-order valence-corrected chi connectivity index (χ0v) is 37.0. The minimum atomic E-state index is -0.268. The Labute approximate surface area is 354 Å². The van der Waals surface area contributed by atoms with Crippen LogP contribution in [0, 0.1) is 0 Å². The van der Waals surface area contributed by atoms with Crippen molar-refractivity contribution >= 4 is 40.2 Å². The van der Waals surface area contributed by atoms with E-state index in [1.807, 2.05) is 0 Å². The van der Waals surface area contributed by atoms with Crippen LogP contribution >= 0.6 is 0 Å². The first-order chi connectivity index (χ1) is 27.9. The first-order valence-electron chi connectivity index (χ1n) is 21.5. The molecule has 0 fully saturated rings. The van der Waals surface area contributed by atoms with Gasteiger partial charge >= 0.3 is 0 Å². The van der Waals surface area contributed by atoms with Gasteiger partial charge in [0.05, 0.1) is 0 Å². The number of nitrogens with zero attached hydrogens (tertiary/aromatic N) is 1. The molecule has 0 aromatic heterocycles. The summed E-state index contributed by atoms with van der Waals surface area (Å²) in [4.78, 5) is 2.56. The van der Waals surface area contributed by atoms with Crippen LogP contribution < -0.4 is 21.3 Å². The maximum absolute atomic E-state index is 2.56. The molecule has 0 atom stereocenters. The third-order valence-electron chi connectivity index (χ3n) is 13.1. The number of fused-ring (bicyclic) bond motifs is 4. The van der Waals surface area contributed by atoms with E-state index in [1.165, 1.54) is 94.6 Å². The van der Waals surface area contributed by atoms with Gasteiger partial charge in [0.25, 0.3) is 0 Å². The van der Waals surface area contributed by atoms with Gasteiger partial charge in [0.15, 0.2) is 0 Å². The summed E-state index contributed by atoms with van der Waals surface area (Å²) in [5, 5.41) is 0. The Kier molecular flexibility index (Phi) is 9.06. The normalized spacial score (nSPS) is 14.4. The van der Waals surface area contributed by atoms with Crippen molar-refractivity contribution in [1.29, 1.82) is 0 Å². The van der Waals surface area contributed by atoms with Crippen molar-refractivity contribution in [2.45, 2.75) is 97.8 Å². The van der Waals surface area contributed by atoms with Crippen molar-refractivity contribution in [1.82, 2.24) is 0 Å². The molecule has 0 amide bonds. The molecule has 0 radical (unpaired) electrons. The lowest BCUT2D eigenvalue weighted by molar-refractivity contribution is 0.552. The molecule has 7 aromatic rings. The fourth-order valence-corrected chi connectivity index (χ4v) is 9.90. The molecule has 1 nitrogen and oxygen atoms in total. The molecule has 59 heavy (non-hydrogen) atoms. The summed E-state index contributed by atoms with van der Waals surface area (Å²) in [5.41, 5.74) is 22.2. The number of rotatable bonds is 4. The largest absolute Gasteiger partial charge is 0.312 e. The van der Waals surface area contributed by atoms with Gasteiger partial charge in [0, 0.05) is 22.5 Å². The first-order valence-corrected chi connectivity index (χ1v) is 21.5. The second-order valence-electron chi connectivity index (χ2n) is 20.7. The molecule has 0 bridgehead atoms. The molecule has 9 rings (SSSR count). The van der Waals surface area contributed by atoms with Gasteiger partial charge in [0.1, 0.15) is 0 Å². The van der Waals surface area contributed by atoms with Crippen molar-refractivity contribution in [3.63, 3.8) is 0 Å². The SMILES string of the molecule is CC(C)(C)c1ccc(N2c3ccc(C(C)(C)C)cc3B3c4ccc(-c5cc(-c6ccccc6)cc(-c6ccccc6)c5)cc4C(C)(C)c4c(C(C)(C)C)ccc2c43)cc1. The van der Waals surface area contributed by atoms with Crippen molar-refractivity contribution in [3.8, 4) is 33.4 Å². The van der Waals surface area contributed by atoms with E-state index < -0.39 is 0 Å². The molecule has 0 saturated carbocycles. The zero-order valence-electron chi connectivity index (χ0n) is 37.0. The summed E-state index contributed by atoms with van der Waals surface area (Å²) in [5.74, 6) is 0. The van der Waals surface area contributed by atoms with Gasteiger partial charge in [-0.05, 0) is 131 Å². The van der Waals surface area contributed by atoms with E-state index in [0.29, 0.717) is 0 Å². The monoisotopic (exact) mass is 767 g/mol. The molecular weight excluding hydrogens is 709 g/mol. The Morgan fingerprint density at radius 3 is 1.49 bits per heavy atom. The summed E-state index contributed by atoms with van der Waals surface area (Å²) in [6, 6.07) is 57.7. The van der Waals surface area contributed by atoms with Crippen LogP contribution in [0.1, 0.15) is 104 Å². The molecule has 0 aliphatic carbocycles. The Morgan fingerprint density at radius 1 is 0.424 bits per heavy atom. The van der Waals surface area contributed by atoms with Gasteiger partial charge in [-0.2, -0.15) is 0 Å². The molecule has 2 aliphatic heterocycles. The number of hydrogen-bond acceptors (Lipinski definition) is 1. The van der Waals surface area contributed by atoms with Crippen LogP contribution in [0.3, 0.4) is 0 Å². The van der Waals surface area contributed by atoms with Gasteiger partial charge < -0.3 is 4.90 Å². The van der Waals surface area contributed by atoms with Crippen molar-refractivity contribution < 1.29 is 0 Å². The Morgan fingerprint density at radius 2 is 0.949 bits per heavy atom. The minimum Gasteiger partial charge on any atom is -0.312 e. The number of hydrogen-bond donors (Lipinski definition) is 0. The van der Waals surface area contributed by atoms with Gasteiger partial charge in [0.2, 0.25) is 6.71 Å². The van der Waals surface area contributed by atoms with Crippen molar-refractivity contribution in [2.24, 2.45) is 0 Å². The summed E-state index contributed by atoms with van der Waals surface area (Å²) in [6.45, 7) is 26.1. The van der Waals surface area contributed by atoms with Crippen LogP contribution in [0.2, 0.25) is 0 Å². The average molecular weight is 768 g/mol. The fourth-order valence-electron chi connectivity index (χ4n) is 9.90. The lowest BCUT2D eigenvalue weighted by Crippen LogP contribution is -2.64. The number of benzene rings is 7.